The van der Waals surface area contributed by atoms with Crippen molar-refractivity contribution < 1.29 is 0 Å². The van der Waals surface area contributed by atoms with Gasteiger partial charge >= 0.3 is 0 Å². The van der Waals surface area contributed by atoms with Gasteiger partial charge in [0.2, 0.25) is 0 Å². The summed E-state index contributed by atoms with van der Waals surface area (Å²) < 4.78 is 2.43. The molecule has 0 radical (unpaired) electrons. The molecule has 51 heavy (non-hydrogen) atoms. The second-order valence-electron chi connectivity index (χ2n) is 12.5. The van der Waals surface area contributed by atoms with Gasteiger partial charge in [-0.25, -0.2) is 4.98 Å². The third-order valence-corrected chi connectivity index (χ3v) is 12.6. The lowest BCUT2D eigenvalue weighted by Gasteiger charge is -2.26. The van der Waals surface area contributed by atoms with Crippen molar-refractivity contribution in [3.63, 3.8) is 0 Å². The summed E-state index contributed by atoms with van der Waals surface area (Å²) in [6.45, 7) is 0. The molecule has 0 aliphatic carbocycles. The van der Waals surface area contributed by atoms with E-state index in [9.17, 15) is 0 Å². The van der Waals surface area contributed by atoms with Crippen LogP contribution in [0.1, 0.15) is 0 Å². The van der Waals surface area contributed by atoms with Crippen LogP contribution in [0.5, 0.6) is 0 Å². The fourth-order valence-electron chi connectivity index (χ4n) is 7.33. The van der Waals surface area contributed by atoms with Gasteiger partial charge in [-0.3, -0.25) is 4.98 Å². The molecule has 4 aromatic heterocycles. The molecule has 10 aromatic rings. The first-order valence-corrected chi connectivity index (χ1v) is 19.4. The Morgan fingerprint density at radius 3 is 2.00 bits per heavy atom. The molecule has 10 rings (SSSR count). The van der Waals surface area contributed by atoms with E-state index in [1.165, 1.54) is 68.7 Å². The molecule has 0 unspecified atom stereocenters. The molecule has 0 N–H and O–H groups in total. The maximum absolute atomic E-state index is 5.42. The Morgan fingerprint density at radius 1 is 0.451 bits per heavy atom. The van der Waals surface area contributed by atoms with Crippen LogP contribution in [0, 0.1) is 0 Å². The lowest BCUT2D eigenvalue weighted by Crippen LogP contribution is -2.02. The molecular formula is C46H28N2S3. The Balaban J connectivity index is 1.52. The average Bonchev–Trinajstić information content (AvgIpc) is 3.98. The minimum Gasteiger partial charge on any atom is -0.256 e. The van der Waals surface area contributed by atoms with Crippen LogP contribution < -0.4 is 0 Å². The number of hydrogen-bond donors (Lipinski definition) is 0. The normalized spacial score (nSPS) is 11.5. The smallest absolute Gasteiger partial charge is 0.125 e. The van der Waals surface area contributed by atoms with E-state index in [1.54, 1.807) is 22.7 Å². The summed E-state index contributed by atoms with van der Waals surface area (Å²) in [6.07, 6.45) is 1.91. The topological polar surface area (TPSA) is 25.8 Å². The first kappa shape index (κ1) is 30.1. The molecule has 0 amide bonds. The van der Waals surface area contributed by atoms with Gasteiger partial charge in [-0.1, -0.05) is 115 Å². The molecule has 5 heteroatoms. The maximum atomic E-state index is 5.42. The number of benzene rings is 6. The van der Waals surface area contributed by atoms with Gasteiger partial charge in [-0.15, -0.1) is 34.0 Å². The molecule has 0 fully saturated rings. The Kier molecular flexibility index (Phi) is 7.42. The minimum atomic E-state index is 0.924. The average molecular weight is 705 g/mol. The highest BCUT2D eigenvalue weighted by atomic mass is 32.1. The highest BCUT2D eigenvalue weighted by molar-refractivity contribution is 7.23. The molecule has 0 atom stereocenters. The Labute approximate surface area is 307 Å². The van der Waals surface area contributed by atoms with Crippen LogP contribution in [0.15, 0.2) is 169 Å². The van der Waals surface area contributed by atoms with Crippen molar-refractivity contribution in [1.82, 2.24) is 9.97 Å². The van der Waals surface area contributed by atoms with Gasteiger partial charge in [0.05, 0.1) is 15.9 Å². The summed E-state index contributed by atoms with van der Waals surface area (Å²) >= 11 is 5.40. The van der Waals surface area contributed by atoms with Crippen LogP contribution in [0.25, 0.3) is 96.0 Å². The number of para-hydroxylation sites is 1. The van der Waals surface area contributed by atoms with Crippen LogP contribution in [0.3, 0.4) is 0 Å². The number of aromatic nitrogens is 2. The largest absolute Gasteiger partial charge is 0.256 e. The van der Waals surface area contributed by atoms with Crippen molar-refractivity contribution in [2.75, 3.05) is 0 Å². The van der Waals surface area contributed by atoms with Gasteiger partial charge in [0.15, 0.2) is 0 Å². The molecule has 6 aromatic carbocycles. The number of fused-ring (bicyclic) bond motifs is 3. The second-order valence-corrected chi connectivity index (χ2v) is 15.5. The maximum Gasteiger partial charge on any atom is 0.125 e. The molecule has 0 saturated carbocycles. The fourth-order valence-corrected chi connectivity index (χ4v) is 10.3. The predicted molar refractivity (Wildman–Crippen MR) is 221 cm³/mol. The van der Waals surface area contributed by atoms with Crippen LogP contribution in [-0.4, -0.2) is 9.97 Å². The van der Waals surface area contributed by atoms with E-state index in [4.69, 9.17) is 9.97 Å². The van der Waals surface area contributed by atoms with Crippen LogP contribution in [0.2, 0.25) is 0 Å². The Bertz CT molecular complexity index is 2640. The first-order valence-electron chi connectivity index (χ1n) is 16.9. The van der Waals surface area contributed by atoms with Gasteiger partial charge in [-0.2, -0.15) is 0 Å². The quantitative estimate of drug-likeness (QED) is 0.172. The number of thiophene rings is 2. The zero-order chi connectivity index (χ0) is 33.7. The fraction of sp³-hybridized carbons (Fsp3) is 0. The zero-order valence-electron chi connectivity index (χ0n) is 27.3. The highest BCUT2D eigenvalue weighted by Crippen LogP contribution is 2.58. The summed E-state index contributed by atoms with van der Waals surface area (Å²) in [5.74, 6) is 0. The van der Waals surface area contributed by atoms with Gasteiger partial charge in [0.25, 0.3) is 0 Å². The number of thiazole rings is 1. The number of hydrogen-bond acceptors (Lipinski definition) is 5. The van der Waals surface area contributed by atoms with Crippen molar-refractivity contribution in [1.29, 1.82) is 0 Å². The summed E-state index contributed by atoms with van der Waals surface area (Å²) in [7, 11) is 0. The second kappa shape index (κ2) is 12.6. The molecule has 0 aliphatic heterocycles. The van der Waals surface area contributed by atoms with Crippen molar-refractivity contribution in [2.45, 2.75) is 0 Å². The molecule has 0 spiro atoms. The number of rotatable bonds is 6. The van der Waals surface area contributed by atoms with Gasteiger partial charge < -0.3 is 0 Å². The van der Waals surface area contributed by atoms with E-state index >= 15 is 0 Å². The summed E-state index contributed by atoms with van der Waals surface area (Å²) in [6, 6.07) is 56.7. The Hall–Kier alpha value is -5.72. The zero-order valence-corrected chi connectivity index (χ0v) is 29.7. The summed E-state index contributed by atoms with van der Waals surface area (Å²) in [4.78, 5) is 13.0. The van der Waals surface area contributed by atoms with Crippen LogP contribution >= 0.6 is 34.0 Å². The van der Waals surface area contributed by atoms with Gasteiger partial charge in [0.1, 0.15) is 5.01 Å². The van der Waals surface area contributed by atoms with Crippen molar-refractivity contribution >= 4 is 65.1 Å². The van der Waals surface area contributed by atoms with E-state index in [1.807, 2.05) is 23.6 Å². The lowest BCUT2D eigenvalue weighted by molar-refractivity contribution is 1.32. The van der Waals surface area contributed by atoms with Crippen LogP contribution in [-0.2, 0) is 0 Å². The highest BCUT2D eigenvalue weighted by Gasteiger charge is 2.32. The standard InChI is InChI=1S/C46H28N2S3/c1-2-15-30(16-3-1)40-41(33-20-12-18-29-14-4-6-19-32(29)33)42(35-22-10-11-26-47-35)45(46-48-34-21-7-9-24-37(34)51-46)43(38-25-13-27-49-38)44(40)39-28-31-17-5-8-23-36(31)50-39/h1-28H. The third-order valence-electron chi connectivity index (χ3n) is 9.49. The molecule has 0 aliphatic rings. The molecule has 0 bridgehead atoms. The monoisotopic (exact) mass is 704 g/mol. The van der Waals surface area contributed by atoms with Crippen molar-refractivity contribution in [2.24, 2.45) is 0 Å². The SMILES string of the molecule is c1ccc(-c2c(-c3cc4ccccc4s3)c(-c3cccs3)c(-c3nc4ccccc4s3)c(-c3ccccn3)c2-c2cccc3ccccc23)cc1. The first-order chi connectivity index (χ1) is 25.3. The van der Waals surface area contributed by atoms with E-state index < -0.39 is 0 Å². The van der Waals surface area contributed by atoms with Crippen molar-refractivity contribution in [3.8, 4) is 65.0 Å². The molecule has 2 nitrogen and oxygen atoms in total. The Morgan fingerprint density at radius 2 is 1.20 bits per heavy atom. The third kappa shape index (κ3) is 5.12. The molecule has 240 valence electrons. The number of nitrogens with zero attached hydrogens (tertiary/aromatic N) is 2. The summed E-state index contributed by atoms with van der Waals surface area (Å²) in [5, 5.41) is 6.83. The van der Waals surface area contributed by atoms with Crippen LogP contribution in [0.4, 0.5) is 0 Å². The van der Waals surface area contributed by atoms with E-state index in [-0.39, 0.29) is 0 Å². The van der Waals surface area contributed by atoms with Gasteiger partial charge in [-0.05, 0) is 80.7 Å². The molecule has 0 saturated heterocycles. The van der Waals surface area contributed by atoms with E-state index in [2.05, 4.69) is 157 Å². The molecular weight excluding hydrogens is 677 g/mol. The summed E-state index contributed by atoms with van der Waals surface area (Å²) in [5.41, 5.74) is 11.3. The van der Waals surface area contributed by atoms with Crippen molar-refractivity contribution in [3.05, 3.63) is 169 Å². The number of pyridine rings is 1. The minimum absolute atomic E-state index is 0.924. The van der Waals surface area contributed by atoms with E-state index in [0.29, 0.717) is 0 Å². The molecule has 4 heterocycles. The predicted octanol–water partition coefficient (Wildman–Crippen LogP) is 14.1. The lowest BCUT2D eigenvalue weighted by atomic mass is 9.78. The van der Waals surface area contributed by atoms with E-state index in [0.717, 1.165) is 27.3 Å². The van der Waals surface area contributed by atoms with Gasteiger partial charge in [0, 0.05) is 48.5 Å².